The van der Waals surface area contributed by atoms with Gasteiger partial charge in [0, 0.05) is 22.3 Å². The van der Waals surface area contributed by atoms with Crippen LogP contribution < -0.4 is 5.32 Å². The molecule has 1 atom stereocenters. The Labute approximate surface area is 53.1 Å². The number of hydrogen-bond donors (Lipinski definition) is 1. The topological polar surface area (TPSA) is 29.1 Å². The first-order valence-electron chi connectivity index (χ1n) is 2.96. The lowest BCUT2D eigenvalue weighted by Gasteiger charge is -2.02. The second-order valence-corrected chi connectivity index (χ2v) is 3.78. The first kappa shape index (κ1) is 7.69. The third-order valence-electron chi connectivity index (χ3n) is 0.875. The molecule has 0 aliphatic rings. The van der Waals surface area contributed by atoms with Crippen LogP contribution in [0.2, 0.25) is 5.54 Å². The summed E-state index contributed by atoms with van der Waals surface area (Å²) in [6, 6.07) is 0. The fraction of sp³-hybridized carbons (Fsp3) is 0.800. The van der Waals surface area contributed by atoms with Crippen molar-refractivity contribution in [2.45, 2.75) is 19.4 Å². The van der Waals surface area contributed by atoms with Crippen molar-refractivity contribution >= 4 is 16.1 Å². The third kappa shape index (κ3) is 2.79. The molecule has 48 valence electrons. The Hall–Kier alpha value is -0.313. The molecule has 0 aromatic carbocycles. The summed E-state index contributed by atoms with van der Waals surface area (Å²) in [5.41, 5.74) is 0.259. The van der Waals surface area contributed by atoms with Crippen LogP contribution >= 0.6 is 0 Å². The molecule has 1 N–H and O–H groups in total. The van der Waals surface area contributed by atoms with E-state index in [-0.39, 0.29) is 11.4 Å². The molecule has 2 nitrogen and oxygen atoms in total. The monoisotopic (exact) mass is 131 g/mol. The molecule has 0 aromatic rings. The van der Waals surface area contributed by atoms with Crippen LogP contribution in [0, 0.1) is 0 Å². The maximum absolute atomic E-state index is 10.7. The van der Waals surface area contributed by atoms with Gasteiger partial charge in [0.15, 0.2) is 0 Å². The van der Waals surface area contributed by atoms with E-state index in [1.807, 2.05) is 13.8 Å². The molecule has 0 saturated carbocycles. The standard InChI is InChI=1S/C5H13NOSi/c1-3-6-5(7)4(2)8/h4H,3H2,1-2,8H3,(H,6,7). The second kappa shape index (κ2) is 3.66. The summed E-state index contributed by atoms with van der Waals surface area (Å²) in [7, 11) is 0.955. The van der Waals surface area contributed by atoms with Gasteiger partial charge in [-0.15, -0.1) is 0 Å². The van der Waals surface area contributed by atoms with Crippen LogP contribution in [0.4, 0.5) is 0 Å². The van der Waals surface area contributed by atoms with Crippen molar-refractivity contribution in [3.8, 4) is 0 Å². The van der Waals surface area contributed by atoms with Gasteiger partial charge in [-0.2, -0.15) is 0 Å². The highest BCUT2D eigenvalue weighted by atomic mass is 28.1. The van der Waals surface area contributed by atoms with Crippen LogP contribution in [0.5, 0.6) is 0 Å². The summed E-state index contributed by atoms with van der Waals surface area (Å²) in [4.78, 5) is 10.7. The normalized spacial score (nSPS) is 13.2. The number of hydrogen-bond acceptors (Lipinski definition) is 1. The van der Waals surface area contributed by atoms with Crippen molar-refractivity contribution in [3.63, 3.8) is 0 Å². The summed E-state index contributed by atoms with van der Waals surface area (Å²) < 4.78 is 0. The molecular formula is C5H13NOSi. The largest absolute Gasteiger partial charge is 0.356 e. The Kier molecular flexibility index (Phi) is 3.52. The van der Waals surface area contributed by atoms with Crippen molar-refractivity contribution in [2.75, 3.05) is 6.54 Å². The molecule has 0 fully saturated rings. The highest BCUT2D eigenvalue weighted by Gasteiger charge is 2.02. The van der Waals surface area contributed by atoms with E-state index in [0.29, 0.717) is 0 Å². The molecule has 3 heteroatoms. The second-order valence-electron chi connectivity index (χ2n) is 2.05. The van der Waals surface area contributed by atoms with E-state index < -0.39 is 0 Å². The Balaban J connectivity index is 3.33. The lowest BCUT2D eigenvalue weighted by atomic mass is 10.4. The first-order valence-corrected chi connectivity index (χ1v) is 4.11. The Morgan fingerprint density at radius 3 is 2.50 bits per heavy atom. The predicted octanol–water partition coefficient (Wildman–Crippen LogP) is -0.704. The van der Waals surface area contributed by atoms with E-state index in [4.69, 9.17) is 0 Å². The number of nitrogens with one attached hydrogen (secondary N) is 1. The molecule has 8 heavy (non-hydrogen) atoms. The smallest absolute Gasteiger partial charge is 0.219 e. The van der Waals surface area contributed by atoms with Crippen LogP contribution in [0.25, 0.3) is 0 Å². The summed E-state index contributed by atoms with van der Waals surface area (Å²) in [6.45, 7) is 4.63. The van der Waals surface area contributed by atoms with Crippen LogP contribution in [-0.2, 0) is 4.79 Å². The zero-order chi connectivity index (χ0) is 6.57. The van der Waals surface area contributed by atoms with Crippen molar-refractivity contribution in [2.24, 2.45) is 0 Å². The molecule has 0 aliphatic carbocycles. The molecule has 0 spiro atoms. The van der Waals surface area contributed by atoms with Gasteiger partial charge in [-0.3, -0.25) is 4.79 Å². The molecule has 0 heterocycles. The van der Waals surface area contributed by atoms with E-state index >= 15 is 0 Å². The van der Waals surface area contributed by atoms with E-state index in [2.05, 4.69) is 5.32 Å². The number of carbonyl (C=O) groups is 1. The lowest BCUT2D eigenvalue weighted by Crippen LogP contribution is -2.25. The number of rotatable bonds is 2. The Bertz CT molecular complexity index is 82.5. The maximum Gasteiger partial charge on any atom is 0.219 e. The zero-order valence-corrected chi connectivity index (χ0v) is 7.69. The van der Waals surface area contributed by atoms with Crippen LogP contribution in [0.1, 0.15) is 13.8 Å². The molecule has 1 amide bonds. The van der Waals surface area contributed by atoms with Gasteiger partial charge >= 0.3 is 0 Å². The summed E-state index contributed by atoms with van der Waals surface area (Å²) in [5.74, 6) is 0.194. The number of amides is 1. The highest BCUT2D eigenvalue weighted by Crippen LogP contribution is 1.91. The molecule has 0 rings (SSSR count). The quantitative estimate of drug-likeness (QED) is 0.493. The van der Waals surface area contributed by atoms with Gasteiger partial charge in [-0.05, 0) is 6.92 Å². The molecular weight excluding hydrogens is 118 g/mol. The molecule has 0 bridgehead atoms. The summed E-state index contributed by atoms with van der Waals surface area (Å²) in [5, 5.41) is 2.74. The fourth-order valence-electron chi connectivity index (χ4n) is 0.378. The summed E-state index contributed by atoms with van der Waals surface area (Å²) in [6.07, 6.45) is 0. The molecule has 0 aliphatic heterocycles. The van der Waals surface area contributed by atoms with E-state index in [1.165, 1.54) is 0 Å². The Morgan fingerprint density at radius 1 is 1.88 bits per heavy atom. The van der Waals surface area contributed by atoms with Crippen molar-refractivity contribution in [3.05, 3.63) is 0 Å². The maximum atomic E-state index is 10.7. The minimum atomic E-state index is 0.194. The number of carbonyl (C=O) groups excluding carboxylic acids is 1. The SMILES string of the molecule is CCNC(=O)C(C)[SiH3]. The van der Waals surface area contributed by atoms with Gasteiger partial charge in [0.25, 0.3) is 0 Å². The zero-order valence-electron chi connectivity index (χ0n) is 5.69. The van der Waals surface area contributed by atoms with Crippen molar-refractivity contribution in [1.82, 2.24) is 5.32 Å². The van der Waals surface area contributed by atoms with E-state index in [9.17, 15) is 4.79 Å². The highest BCUT2D eigenvalue weighted by molar-refractivity contribution is 6.23. The van der Waals surface area contributed by atoms with Crippen LogP contribution in [-0.4, -0.2) is 22.7 Å². The molecule has 0 aromatic heterocycles. The van der Waals surface area contributed by atoms with Crippen LogP contribution in [0.15, 0.2) is 0 Å². The average Bonchev–Trinajstić information content (AvgIpc) is 1.67. The van der Waals surface area contributed by atoms with E-state index in [1.54, 1.807) is 0 Å². The summed E-state index contributed by atoms with van der Waals surface area (Å²) >= 11 is 0. The van der Waals surface area contributed by atoms with Gasteiger partial charge < -0.3 is 5.32 Å². The minimum absolute atomic E-state index is 0.194. The fourth-order valence-corrected chi connectivity index (χ4v) is 0.582. The van der Waals surface area contributed by atoms with Crippen molar-refractivity contribution < 1.29 is 4.79 Å². The van der Waals surface area contributed by atoms with Gasteiger partial charge in [0.1, 0.15) is 0 Å². The average molecular weight is 131 g/mol. The third-order valence-corrected chi connectivity index (χ3v) is 1.40. The predicted molar refractivity (Wildman–Crippen MR) is 38.0 cm³/mol. The van der Waals surface area contributed by atoms with Gasteiger partial charge in [-0.25, -0.2) is 0 Å². The van der Waals surface area contributed by atoms with Gasteiger partial charge in [0.05, 0.1) is 0 Å². The van der Waals surface area contributed by atoms with Crippen molar-refractivity contribution in [1.29, 1.82) is 0 Å². The molecule has 0 radical (unpaired) electrons. The van der Waals surface area contributed by atoms with Crippen LogP contribution in [0.3, 0.4) is 0 Å². The van der Waals surface area contributed by atoms with Gasteiger partial charge in [-0.1, -0.05) is 6.92 Å². The lowest BCUT2D eigenvalue weighted by molar-refractivity contribution is -0.120. The molecule has 1 unspecified atom stereocenters. The van der Waals surface area contributed by atoms with E-state index in [0.717, 1.165) is 16.8 Å². The first-order chi connectivity index (χ1) is 3.68. The van der Waals surface area contributed by atoms with Gasteiger partial charge in [0.2, 0.25) is 5.91 Å². The minimum Gasteiger partial charge on any atom is -0.356 e. The Morgan fingerprint density at radius 2 is 2.38 bits per heavy atom. The molecule has 0 saturated heterocycles.